The van der Waals surface area contributed by atoms with Crippen LogP contribution in [0, 0.1) is 5.92 Å². The smallest absolute Gasteiger partial charge is 0.115 e. The van der Waals surface area contributed by atoms with Crippen molar-refractivity contribution in [3.8, 4) is 5.75 Å². The van der Waals surface area contributed by atoms with Crippen LogP contribution in [0.2, 0.25) is 5.02 Å². The Bertz CT molecular complexity index is 995. The van der Waals surface area contributed by atoms with Crippen LogP contribution in [0.1, 0.15) is 23.2 Å². The molecule has 1 aromatic heterocycles. The number of nitrogens with zero attached hydrogens (tertiary/aromatic N) is 1. The van der Waals surface area contributed by atoms with Gasteiger partial charge in [-0.3, -0.25) is 0 Å². The number of H-pyrrole nitrogens is 1. The second-order valence-electron chi connectivity index (χ2n) is 8.04. The molecule has 0 spiro atoms. The number of piperidine rings is 1. The first kappa shape index (κ1) is 16.2. The summed E-state index contributed by atoms with van der Waals surface area (Å²) in [7, 11) is 2.22. The number of phenolic OH excluding ortho intramolecular Hbond substituents is 1. The van der Waals surface area contributed by atoms with Crippen molar-refractivity contribution in [1.82, 2.24) is 9.88 Å². The van der Waals surface area contributed by atoms with Gasteiger partial charge >= 0.3 is 0 Å². The molecule has 1 unspecified atom stereocenters. The lowest BCUT2D eigenvalue weighted by Gasteiger charge is -2.50. The molecular formula is C22H23ClN2O. The lowest BCUT2D eigenvalue weighted by atomic mass is 9.59. The molecule has 2 atom stereocenters. The molecule has 4 heteroatoms. The Hall–Kier alpha value is -1.97. The minimum Gasteiger partial charge on any atom is -0.508 e. The fourth-order valence-electron chi connectivity index (χ4n) is 5.26. The SMILES string of the molecule is CN1CC[C@]2(c3cccc(O)c3)Cc3[nH]c4c(Cl)cccc4c3CC2C1. The highest BCUT2D eigenvalue weighted by Crippen LogP contribution is 2.49. The zero-order valence-electron chi connectivity index (χ0n) is 14.9. The van der Waals surface area contributed by atoms with Crippen molar-refractivity contribution in [2.24, 2.45) is 5.92 Å². The Kier molecular flexibility index (Phi) is 3.60. The highest BCUT2D eigenvalue weighted by Gasteiger charge is 2.47. The second-order valence-corrected chi connectivity index (χ2v) is 8.45. The van der Waals surface area contributed by atoms with Crippen LogP contribution >= 0.6 is 11.6 Å². The first-order valence-electron chi connectivity index (χ1n) is 9.33. The quantitative estimate of drug-likeness (QED) is 0.664. The number of aromatic hydroxyl groups is 1. The number of rotatable bonds is 1. The predicted octanol–water partition coefficient (Wildman–Crippen LogP) is 4.52. The number of aromatic nitrogens is 1. The molecule has 0 radical (unpaired) electrons. The van der Waals surface area contributed by atoms with Gasteiger partial charge in [-0.05, 0) is 68.1 Å². The highest BCUT2D eigenvalue weighted by molar-refractivity contribution is 6.35. The van der Waals surface area contributed by atoms with Crippen molar-refractivity contribution >= 4 is 22.5 Å². The Labute approximate surface area is 158 Å². The number of fused-ring (bicyclic) bond motifs is 4. The lowest BCUT2D eigenvalue weighted by Crippen LogP contribution is -2.52. The van der Waals surface area contributed by atoms with Crippen LogP contribution in [-0.4, -0.2) is 35.1 Å². The minimum absolute atomic E-state index is 0.0750. The Morgan fingerprint density at radius 1 is 1.23 bits per heavy atom. The molecule has 1 aliphatic carbocycles. The molecule has 0 bridgehead atoms. The Balaban J connectivity index is 1.69. The lowest BCUT2D eigenvalue weighted by molar-refractivity contribution is 0.0994. The van der Waals surface area contributed by atoms with E-state index in [4.69, 9.17) is 11.6 Å². The third-order valence-corrected chi connectivity index (χ3v) is 6.91. The van der Waals surface area contributed by atoms with Gasteiger partial charge in [0.05, 0.1) is 10.5 Å². The summed E-state index contributed by atoms with van der Waals surface area (Å²) < 4.78 is 0. The van der Waals surface area contributed by atoms with E-state index in [1.165, 1.54) is 22.2 Å². The zero-order valence-corrected chi connectivity index (χ0v) is 15.7. The molecule has 134 valence electrons. The van der Waals surface area contributed by atoms with E-state index in [9.17, 15) is 5.11 Å². The average molecular weight is 367 g/mol. The molecule has 0 amide bonds. The summed E-state index contributed by atoms with van der Waals surface area (Å²) >= 11 is 6.45. The van der Waals surface area contributed by atoms with E-state index in [-0.39, 0.29) is 5.41 Å². The number of hydrogen-bond acceptors (Lipinski definition) is 2. The number of likely N-dealkylation sites (tertiary alicyclic amines) is 1. The van der Waals surface area contributed by atoms with E-state index < -0.39 is 0 Å². The third kappa shape index (κ3) is 2.30. The minimum atomic E-state index is 0.0750. The molecule has 2 aromatic carbocycles. The van der Waals surface area contributed by atoms with Crippen LogP contribution in [0.3, 0.4) is 0 Å². The van der Waals surface area contributed by atoms with Gasteiger partial charge in [0.15, 0.2) is 0 Å². The van der Waals surface area contributed by atoms with E-state index >= 15 is 0 Å². The number of benzene rings is 2. The van der Waals surface area contributed by atoms with Crippen LogP contribution in [-0.2, 0) is 18.3 Å². The fraction of sp³-hybridized carbons (Fsp3) is 0.364. The van der Waals surface area contributed by atoms with E-state index in [0.29, 0.717) is 11.7 Å². The fourth-order valence-corrected chi connectivity index (χ4v) is 5.49. The predicted molar refractivity (Wildman–Crippen MR) is 106 cm³/mol. The monoisotopic (exact) mass is 366 g/mol. The summed E-state index contributed by atoms with van der Waals surface area (Å²) in [6.07, 6.45) is 3.14. The van der Waals surface area contributed by atoms with Gasteiger partial charge in [-0.15, -0.1) is 0 Å². The summed E-state index contributed by atoms with van der Waals surface area (Å²) in [5.74, 6) is 0.897. The molecule has 26 heavy (non-hydrogen) atoms. The van der Waals surface area contributed by atoms with Gasteiger partial charge in [0.25, 0.3) is 0 Å². The molecule has 1 saturated heterocycles. The highest BCUT2D eigenvalue weighted by atomic mass is 35.5. The Morgan fingerprint density at radius 3 is 2.92 bits per heavy atom. The van der Waals surface area contributed by atoms with E-state index in [0.717, 1.165) is 42.9 Å². The molecule has 3 aromatic rings. The number of phenols is 1. The largest absolute Gasteiger partial charge is 0.508 e. The van der Waals surface area contributed by atoms with Crippen molar-refractivity contribution in [3.63, 3.8) is 0 Å². The standard InChI is InChI=1S/C22H23ClN2O/c1-25-9-8-22(14-4-2-5-16(26)10-14)12-20-18(11-15(22)13-25)17-6-3-7-19(23)21(17)24-20/h2-7,10,15,24,26H,8-9,11-13H2,1H3/t15?,22-/m1/s1. The molecule has 2 N–H and O–H groups in total. The van der Waals surface area contributed by atoms with Crippen LogP contribution in [0.4, 0.5) is 0 Å². The average Bonchev–Trinajstić information content (AvgIpc) is 2.99. The van der Waals surface area contributed by atoms with Crippen LogP contribution in [0.25, 0.3) is 10.9 Å². The molecule has 0 saturated carbocycles. The molecule has 5 rings (SSSR count). The van der Waals surface area contributed by atoms with Crippen molar-refractivity contribution in [2.45, 2.75) is 24.7 Å². The summed E-state index contributed by atoms with van der Waals surface area (Å²) in [6, 6.07) is 14.1. The first-order chi connectivity index (χ1) is 12.6. The van der Waals surface area contributed by atoms with Crippen molar-refractivity contribution < 1.29 is 5.11 Å². The number of para-hydroxylation sites is 1. The maximum absolute atomic E-state index is 10.1. The molecule has 2 heterocycles. The van der Waals surface area contributed by atoms with Gasteiger partial charge in [0.2, 0.25) is 0 Å². The molecule has 1 fully saturated rings. The zero-order chi connectivity index (χ0) is 17.9. The van der Waals surface area contributed by atoms with E-state index in [2.05, 4.69) is 29.1 Å². The number of nitrogens with one attached hydrogen (secondary N) is 1. The van der Waals surface area contributed by atoms with Crippen LogP contribution < -0.4 is 0 Å². The van der Waals surface area contributed by atoms with Gasteiger partial charge in [-0.1, -0.05) is 35.9 Å². The molecule has 1 aliphatic heterocycles. The van der Waals surface area contributed by atoms with Crippen molar-refractivity contribution in [3.05, 3.63) is 64.3 Å². The summed E-state index contributed by atoms with van der Waals surface area (Å²) in [6.45, 7) is 2.17. The van der Waals surface area contributed by atoms with E-state index in [1.54, 1.807) is 6.07 Å². The van der Waals surface area contributed by atoms with Gasteiger partial charge in [-0.2, -0.15) is 0 Å². The normalized spacial score (nSPS) is 25.8. The molecule has 3 nitrogen and oxygen atoms in total. The number of halogens is 1. The van der Waals surface area contributed by atoms with Gasteiger partial charge < -0.3 is 15.0 Å². The van der Waals surface area contributed by atoms with Gasteiger partial charge in [0, 0.05) is 23.0 Å². The first-order valence-corrected chi connectivity index (χ1v) is 9.70. The van der Waals surface area contributed by atoms with Crippen molar-refractivity contribution in [2.75, 3.05) is 20.1 Å². The van der Waals surface area contributed by atoms with Gasteiger partial charge in [-0.25, -0.2) is 0 Å². The topological polar surface area (TPSA) is 39.3 Å². The van der Waals surface area contributed by atoms with Crippen LogP contribution in [0.15, 0.2) is 42.5 Å². The Morgan fingerprint density at radius 2 is 2.08 bits per heavy atom. The number of hydrogen-bond donors (Lipinski definition) is 2. The summed E-state index contributed by atoms with van der Waals surface area (Å²) in [5.41, 5.74) is 5.16. The maximum Gasteiger partial charge on any atom is 0.115 e. The summed E-state index contributed by atoms with van der Waals surface area (Å²) in [4.78, 5) is 6.07. The molecular weight excluding hydrogens is 344 g/mol. The molecule has 2 aliphatic rings. The van der Waals surface area contributed by atoms with Crippen LogP contribution in [0.5, 0.6) is 5.75 Å². The van der Waals surface area contributed by atoms with E-state index in [1.807, 2.05) is 24.3 Å². The van der Waals surface area contributed by atoms with Crippen molar-refractivity contribution in [1.29, 1.82) is 0 Å². The third-order valence-electron chi connectivity index (χ3n) is 6.60. The number of aromatic amines is 1. The summed E-state index contributed by atoms with van der Waals surface area (Å²) in [5, 5.41) is 12.2. The second kappa shape index (κ2) is 5.77. The van der Waals surface area contributed by atoms with Gasteiger partial charge in [0.1, 0.15) is 5.75 Å². The maximum atomic E-state index is 10.1.